The standard InChI is InChI=1S/C14H26F2/c1-9(2)5-6-10(3)12-8-7-11(4)13(15)14(12)16/h9-14H,5-8H2,1-4H3. The summed E-state index contributed by atoms with van der Waals surface area (Å²) in [6.07, 6.45) is 1.40. The molecule has 0 aromatic heterocycles. The van der Waals surface area contributed by atoms with Crippen molar-refractivity contribution in [1.29, 1.82) is 0 Å². The van der Waals surface area contributed by atoms with E-state index in [1.807, 2.05) is 6.92 Å². The van der Waals surface area contributed by atoms with E-state index in [9.17, 15) is 8.78 Å². The van der Waals surface area contributed by atoms with Crippen molar-refractivity contribution >= 4 is 0 Å². The number of alkyl halides is 2. The van der Waals surface area contributed by atoms with Gasteiger partial charge in [-0.25, -0.2) is 8.78 Å². The van der Waals surface area contributed by atoms with E-state index in [2.05, 4.69) is 20.8 Å². The highest BCUT2D eigenvalue weighted by molar-refractivity contribution is 4.88. The largest absolute Gasteiger partial charge is 0.244 e. The highest BCUT2D eigenvalue weighted by atomic mass is 19.2. The molecule has 0 aliphatic heterocycles. The van der Waals surface area contributed by atoms with E-state index in [1.54, 1.807) is 0 Å². The molecular formula is C14H26F2. The Labute approximate surface area is 98.8 Å². The van der Waals surface area contributed by atoms with Gasteiger partial charge in [-0.05, 0) is 36.5 Å². The van der Waals surface area contributed by atoms with Crippen LogP contribution in [-0.2, 0) is 0 Å². The predicted octanol–water partition coefficient (Wildman–Crippen LogP) is 4.78. The number of hydrogen-bond acceptors (Lipinski definition) is 0. The maximum Gasteiger partial charge on any atom is 0.134 e. The van der Waals surface area contributed by atoms with Crippen LogP contribution in [-0.4, -0.2) is 12.3 Å². The smallest absolute Gasteiger partial charge is 0.134 e. The van der Waals surface area contributed by atoms with Crippen molar-refractivity contribution in [2.45, 2.75) is 65.7 Å². The van der Waals surface area contributed by atoms with Gasteiger partial charge in [0.15, 0.2) is 0 Å². The number of rotatable bonds is 4. The minimum atomic E-state index is -1.24. The molecule has 1 saturated carbocycles. The molecule has 0 amide bonds. The molecule has 1 rings (SSSR count). The van der Waals surface area contributed by atoms with Gasteiger partial charge in [-0.2, -0.15) is 0 Å². The zero-order valence-electron chi connectivity index (χ0n) is 11.0. The Morgan fingerprint density at radius 1 is 1.00 bits per heavy atom. The van der Waals surface area contributed by atoms with Crippen LogP contribution in [0.25, 0.3) is 0 Å². The first kappa shape index (κ1) is 13.9. The van der Waals surface area contributed by atoms with Crippen LogP contribution in [0.3, 0.4) is 0 Å². The molecule has 0 spiro atoms. The minimum absolute atomic E-state index is 0.0510. The van der Waals surface area contributed by atoms with E-state index in [-0.39, 0.29) is 11.8 Å². The second-order valence-electron chi connectivity index (χ2n) is 6.06. The minimum Gasteiger partial charge on any atom is -0.244 e. The van der Waals surface area contributed by atoms with Crippen LogP contribution in [0.1, 0.15) is 53.4 Å². The van der Waals surface area contributed by atoms with Gasteiger partial charge in [0, 0.05) is 0 Å². The topological polar surface area (TPSA) is 0 Å². The van der Waals surface area contributed by atoms with Crippen molar-refractivity contribution in [2.24, 2.45) is 23.7 Å². The average Bonchev–Trinajstić information content (AvgIpc) is 2.23. The van der Waals surface area contributed by atoms with E-state index in [0.29, 0.717) is 11.8 Å². The lowest BCUT2D eigenvalue weighted by Crippen LogP contribution is -2.39. The van der Waals surface area contributed by atoms with Crippen molar-refractivity contribution < 1.29 is 8.78 Å². The third kappa shape index (κ3) is 3.43. The normalized spacial score (nSPS) is 37.7. The Balaban J connectivity index is 2.46. The lowest BCUT2D eigenvalue weighted by atomic mass is 9.73. The van der Waals surface area contributed by atoms with Gasteiger partial charge in [-0.1, -0.05) is 40.5 Å². The Morgan fingerprint density at radius 3 is 2.19 bits per heavy atom. The molecule has 16 heavy (non-hydrogen) atoms. The number of hydrogen-bond donors (Lipinski definition) is 0. The summed E-state index contributed by atoms with van der Waals surface area (Å²) in [5.74, 6) is 0.834. The van der Waals surface area contributed by atoms with Gasteiger partial charge in [-0.3, -0.25) is 0 Å². The summed E-state index contributed by atoms with van der Waals surface area (Å²) in [5, 5.41) is 0. The van der Waals surface area contributed by atoms with Gasteiger partial charge in [0.1, 0.15) is 12.3 Å². The highest BCUT2D eigenvalue weighted by Gasteiger charge is 2.40. The summed E-state index contributed by atoms with van der Waals surface area (Å²) in [6.45, 7) is 8.27. The molecule has 0 N–H and O–H groups in total. The molecule has 0 radical (unpaired) electrons. The van der Waals surface area contributed by atoms with E-state index < -0.39 is 12.3 Å². The molecule has 0 nitrogen and oxygen atoms in total. The summed E-state index contributed by atoms with van der Waals surface area (Å²) in [5.41, 5.74) is 0. The molecule has 5 unspecified atom stereocenters. The monoisotopic (exact) mass is 232 g/mol. The van der Waals surface area contributed by atoms with Gasteiger partial charge >= 0.3 is 0 Å². The van der Waals surface area contributed by atoms with Gasteiger partial charge in [0.05, 0.1) is 0 Å². The molecule has 1 aliphatic carbocycles. The lowest BCUT2D eigenvalue weighted by Gasteiger charge is -2.36. The first-order valence-corrected chi connectivity index (χ1v) is 6.71. The van der Waals surface area contributed by atoms with Crippen LogP contribution in [0, 0.1) is 23.7 Å². The third-order valence-electron chi connectivity index (χ3n) is 4.14. The Morgan fingerprint density at radius 2 is 1.62 bits per heavy atom. The van der Waals surface area contributed by atoms with E-state index in [1.165, 1.54) is 0 Å². The first-order chi connectivity index (χ1) is 7.43. The van der Waals surface area contributed by atoms with Gasteiger partial charge < -0.3 is 0 Å². The zero-order valence-corrected chi connectivity index (χ0v) is 11.0. The summed E-state index contributed by atoms with van der Waals surface area (Å²) in [4.78, 5) is 0. The van der Waals surface area contributed by atoms with Gasteiger partial charge in [-0.15, -0.1) is 0 Å². The van der Waals surface area contributed by atoms with Crippen molar-refractivity contribution in [3.05, 3.63) is 0 Å². The molecule has 96 valence electrons. The molecule has 2 heteroatoms. The quantitative estimate of drug-likeness (QED) is 0.654. The molecule has 0 saturated heterocycles. The van der Waals surface area contributed by atoms with E-state index in [0.717, 1.165) is 25.7 Å². The fraction of sp³-hybridized carbons (Fsp3) is 1.00. The molecule has 0 aromatic carbocycles. The van der Waals surface area contributed by atoms with Crippen LogP contribution in [0.4, 0.5) is 8.78 Å². The summed E-state index contributed by atoms with van der Waals surface area (Å²) < 4.78 is 27.5. The molecule has 0 bridgehead atoms. The Hall–Kier alpha value is -0.140. The van der Waals surface area contributed by atoms with Crippen LogP contribution in [0.5, 0.6) is 0 Å². The fourth-order valence-electron chi connectivity index (χ4n) is 2.73. The van der Waals surface area contributed by atoms with Crippen LogP contribution in [0.15, 0.2) is 0 Å². The molecule has 5 atom stereocenters. The Bertz CT molecular complexity index is 203. The van der Waals surface area contributed by atoms with Crippen molar-refractivity contribution in [3.8, 4) is 0 Å². The molecule has 0 aromatic rings. The van der Waals surface area contributed by atoms with Crippen LogP contribution >= 0.6 is 0 Å². The Kier molecular flexibility index (Phi) is 5.20. The van der Waals surface area contributed by atoms with Crippen LogP contribution in [0.2, 0.25) is 0 Å². The fourth-order valence-corrected chi connectivity index (χ4v) is 2.73. The molecule has 1 fully saturated rings. The van der Waals surface area contributed by atoms with Gasteiger partial charge in [0.2, 0.25) is 0 Å². The second kappa shape index (κ2) is 5.97. The predicted molar refractivity (Wildman–Crippen MR) is 64.9 cm³/mol. The number of halogens is 2. The maximum absolute atomic E-state index is 13.9. The average molecular weight is 232 g/mol. The van der Waals surface area contributed by atoms with Crippen molar-refractivity contribution in [3.63, 3.8) is 0 Å². The van der Waals surface area contributed by atoms with Crippen LogP contribution < -0.4 is 0 Å². The second-order valence-corrected chi connectivity index (χ2v) is 6.06. The molecule has 0 heterocycles. The van der Waals surface area contributed by atoms with Gasteiger partial charge in [0.25, 0.3) is 0 Å². The van der Waals surface area contributed by atoms with E-state index >= 15 is 0 Å². The van der Waals surface area contributed by atoms with Crippen molar-refractivity contribution in [2.75, 3.05) is 0 Å². The zero-order chi connectivity index (χ0) is 12.3. The third-order valence-corrected chi connectivity index (χ3v) is 4.14. The highest BCUT2D eigenvalue weighted by Crippen LogP contribution is 2.39. The summed E-state index contributed by atoms with van der Waals surface area (Å²) in [6, 6.07) is 0. The molecular weight excluding hydrogens is 206 g/mol. The summed E-state index contributed by atoms with van der Waals surface area (Å²) >= 11 is 0. The summed E-state index contributed by atoms with van der Waals surface area (Å²) in [7, 11) is 0. The van der Waals surface area contributed by atoms with E-state index in [4.69, 9.17) is 0 Å². The lowest BCUT2D eigenvalue weighted by molar-refractivity contribution is 0.00566. The maximum atomic E-state index is 13.9. The van der Waals surface area contributed by atoms with Crippen molar-refractivity contribution in [1.82, 2.24) is 0 Å². The SMILES string of the molecule is CC(C)CCC(C)C1CCC(C)C(F)C1F. The molecule has 1 aliphatic rings. The first-order valence-electron chi connectivity index (χ1n) is 6.71.